The molecule has 8 heteroatoms. The molecule has 0 unspecified atom stereocenters. The molecule has 1 N–H and O–H groups in total. The third-order valence-corrected chi connectivity index (χ3v) is 4.08. The Balaban J connectivity index is 1.46. The number of amides is 1. The van der Waals surface area contributed by atoms with E-state index in [1.54, 1.807) is 72.8 Å². The summed E-state index contributed by atoms with van der Waals surface area (Å²) in [5, 5.41) is 13.8. The molecule has 8 nitrogen and oxygen atoms in total. The van der Waals surface area contributed by atoms with Crippen LogP contribution in [0.4, 0.5) is 5.69 Å². The molecule has 3 aromatic carbocycles. The summed E-state index contributed by atoms with van der Waals surface area (Å²) in [6, 6.07) is 22.3. The second kappa shape index (κ2) is 8.13. The van der Waals surface area contributed by atoms with Crippen LogP contribution in [0.25, 0.3) is 5.69 Å². The van der Waals surface area contributed by atoms with Crippen molar-refractivity contribution in [3.63, 3.8) is 0 Å². The first-order valence-electron chi connectivity index (χ1n) is 8.72. The average Bonchev–Trinajstić information content (AvgIpc) is 3.30. The maximum atomic E-state index is 12.6. The van der Waals surface area contributed by atoms with Crippen LogP contribution in [-0.4, -0.2) is 32.1 Å². The summed E-state index contributed by atoms with van der Waals surface area (Å²) in [7, 11) is 0. The van der Waals surface area contributed by atoms with Gasteiger partial charge in [-0.05, 0) is 59.0 Å². The summed E-state index contributed by atoms with van der Waals surface area (Å²) in [4.78, 5) is 24.8. The minimum Gasteiger partial charge on any atom is -0.423 e. The van der Waals surface area contributed by atoms with Gasteiger partial charge in [0.25, 0.3) is 5.91 Å². The number of para-hydroxylation sites is 1. The predicted octanol–water partition coefficient (Wildman–Crippen LogP) is 3.13. The van der Waals surface area contributed by atoms with Gasteiger partial charge in [0.05, 0.1) is 11.3 Å². The molecule has 0 atom stereocenters. The highest BCUT2D eigenvalue weighted by atomic mass is 16.5. The number of tetrazole rings is 1. The number of nitrogens with one attached hydrogen (secondary N) is 1. The number of benzene rings is 3. The minimum atomic E-state index is -0.544. The lowest BCUT2D eigenvalue weighted by Crippen LogP contribution is -2.13. The molecule has 0 spiro atoms. The van der Waals surface area contributed by atoms with Gasteiger partial charge in [-0.1, -0.05) is 30.3 Å². The zero-order chi connectivity index (χ0) is 20.1. The third-order valence-electron chi connectivity index (χ3n) is 4.08. The lowest BCUT2D eigenvalue weighted by Gasteiger charge is -2.09. The van der Waals surface area contributed by atoms with Crippen LogP contribution in [0.3, 0.4) is 0 Å². The standard InChI is InChI=1S/C21H15N5O3/c27-20(15-6-2-1-3-7-15)23-16-10-12-17(13-11-16)29-21(28)18-8-4-5-9-19(18)26-14-22-24-25-26/h1-14H,(H,23,27). The first-order chi connectivity index (χ1) is 14.2. The number of rotatable bonds is 5. The number of hydrogen-bond acceptors (Lipinski definition) is 6. The van der Waals surface area contributed by atoms with E-state index in [9.17, 15) is 9.59 Å². The van der Waals surface area contributed by atoms with E-state index in [0.29, 0.717) is 28.3 Å². The Morgan fingerprint density at radius 2 is 1.59 bits per heavy atom. The SMILES string of the molecule is O=C(Nc1ccc(OC(=O)c2ccccc2-n2cnnn2)cc1)c1ccccc1. The number of anilines is 1. The Morgan fingerprint density at radius 1 is 0.862 bits per heavy atom. The van der Waals surface area contributed by atoms with Gasteiger partial charge in [0, 0.05) is 11.3 Å². The Kier molecular flexibility index (Phi) is 5.06. The zero-order valence-corrected chi connectivity index (χ0v) is 15.1. The van der Waals surface area contributed by atoms with Crippen LogP contribution in [0.15, 0.2) is 85.2 Å². The van der Waals surface area contributed by atoms with Gasteiger partial charge in [-0.15, -0.1) is 5.10 Å². The molecule has 0 saturated heterocycles. The topological polar surface area (TPSA) is 99.0 Å². The molecule has 0 aliphatic carbocycles. The summed E-state index contributed by atoms with van der Waals surface area (Å²) in [6.07, 6.45) is 1.40. The fraction of sp³-hybridized carbons (Fsp3) is 0. The summed E-state index contributed by atoms with van der Waals surface area (Å²) >= 11 is 0. The van der Waals surface area contributed by atoms with E-state index in [1.807, 2.05) is 6.07 Å². The third kappa shape index (κ3) is 4.16. The first-order valence-corrected chi connectivity index (χ1v) is 8.72. The Labute approximate surface area is 165 Å². The van der Waals surface area contributed by atoms with Crippen LogP contribution in [0.5, 0.6) is 5.75 Å². The van der Waals surface area contributed by atoms with Crippen molar-refractivity contribution in [1.29, 1.82) is 0 Å². The summed E-state index contributed by atoms with van der Waals surface area (Å²) in [6.45, 7) is 0. The second-order valence-electron chi connectivity index (χ2n) is 6.01. The highest BCUT2D eigenvalue weighted by Crippen LogP contribution is 2.20. The number of carbonyl (C=O) groups is 2. The fourth-order valence-corrected chi connectivity index (χ4v) is 2.68. The lowest BCUT2D eigenvalue weighted by molar-refractivity contribution is 0.0734. The van der Waals surface area contributed by atoms with Crippen LogP contribution < -0.4 is 10.1 Å². The molecular formula is C21H15N5O3. The van der Waals surface area contributed by atoms with Crippen molar-refractivity contribution in [2.24, 2.45) is 0 Å². The van der Waals surface area contributed by atoms with E-state index in [4.69, 9.17) is 4.74 Å². The molecule has 0 radical (unpaired) electrons. The molecule has 4 aromatic rings. The van der Waals surface area contributed by atoms with Crippen LogP contribution in [0.2, 0.25) is 0 Å². The molecule has 142 valence electrons. The molecular weight excluding hydrogens is 370 g/mol. The summed E-state index contributed by atoms with van der Waals surface area (Å²) in [5.74, 6) is -0.415. The van der Waals surface area contributed by atoms with E-state index < -0.39 is 5.97 Å². The van der Waals surface area contributed by atoms with Crippen LogP contribution in [-0.2, 0) is 0 Å². The van der Waals surface area contributed by atoms with Crippen molar-refractivity contribution >= 4 is 17.6 Å². The highest BCUT2D eigenvalue weighted by Gasteiger charge is 2.15. The molecule has 1 amide bonds. The van der Waals surface area contributed by atoms with Crippen LogP contribution in [0, 0.1) is 0 Å². The maximum absolute atomic E-state index is 12.6. The number of hydrogen-bond donors (Lipinski definition) is 1. The van der Waals surface area contributed by atoms with Gasteiger partial charge >= 0.3 is 5.97 Å². The van der Waals surface area contributed by atoms with Gasteiger partial charge in [-0.3, -0.25) is 4.79 Å². The van der Waals surface area contributed by atoms with Crippen molar-refractivity contribution in [2.45, 2.75) is 0 Å². The number of esters is 1. The average molecular weight is 385 g/mol. The molecule has 0 fully saturated rings. The number of ether oxygens (including phenoxy) is 1. The van der Waals surface area contributed by atoms with E-state index in [0.717, 1.165) is 0 Å². The van der Waals surface area contributed by atoms with Crippen molar-refractivity contribution in [3.8, 4) is 11.4 Å². The maximum Gasteiger partial charge on any atom is 0.345 e. The largest absolute Gasteiger partial charge is 0.423 e. The Bertz CT molecular complexity index is 1130. The molecule has 0 aliphatic rings. The highest BCUT2D eigenvalue weighted by molar-refractivity contribution is 6.04. The number of aromatic nitrogens is 4. The Morgan fingerprint density at radius 3 is 2.31 bits per heavy atom. The van der Waals surface area contributed by atoms with Crippen molar-refractivity contribution in [1.82, 2.24) is 20.2 Å². The molecule has 1 aromatic heterocycles. The molecule has 0 bridgehead atoms. The quantitative estimate of drug-likeness (QED) is 0.419. The van der Waals surface area contributed by atoms with Gasteiger partial charge < -0.3 is 10.1 Å². The van der Waals surface area contributed by atoms with Gasteiger partial charge in [0.2, 0.25) is 0 Å². The molecule has 0 saturated carbocycles. The van der Waals surface area contributed by atoms with E-state index in [-0.39, 0.29) is 5.91 Å². The van der Waals surface area contributed by atoms with Gasteiger partial charge in [0.1, 0.15) is 12.1 Å². The van der Waals surface area contributed by atoms with Crippen molar-refractivity contribution in [3.05, 3.63) is 96.3 Å². The lowest BCUT2D eigenvalue weighted by atomic mass is 10.2. The Hall–Kier alpha value is -4.33. The van der Waals surface area contributed by atoms with Crippen molar-refractivity contribution in [2.75, 3.05) is 5.32 Å². The van der Waals surface area contributed by atoms with Crippen LogP contribution >= 0.6 is 0 Å². The first kappa shape index (κ1) is 18.1. The zero-order valence-electron chi connectivity index (χ0n) is 15.1. The molecule has 4 rings (SSSR count). The van der Waals surface area contributed by atoms with Crippen molar-refractivity contribution < 1.29 is 14.3 Å². The molecule has 0 aliphatic heterocycles. The molecule has 1 heterocycles. The predicted molar refractivity (Wildman–Crippen MR) is 105 cm³/mol. The second-order valence-corrected chi connectivity index (χ2v) is 6.01. The van der Waals surface area contributed by atoms with Gasteiger partial charge in [-0.2, -0.15) is 4.68 Å². The van der Waals surface area contributed by atoms with E-state index >= 15 is 0 Å². The van der Waals surface area contributed by atoms with E-state index in [2.05, 4.69) is 20.8 Å². The normalized spacial score (nSPS) is 10.3. The minimum absolute atomic E-state index is 0.217. The molecule has 29 heavy (non-hydrogen) atoms. The monoisotopic (exact) mass is 385 g/mol. The van der Waals surface area contributed by atoms with E-state index in [1.165, 1.54) is 11.0 Å². The van der Waals surface area contributed by atoms with Gasteiger partial charge in [0.15, 0.2) is 0 Å². The number of nitrogens with zero attached hydrogens (tertiary/aromatic N) is 4. The smallest absolute Gasteiger partial charge is 0.345 e. The number of carbonyl (C=O) groups excluding carboxylic acids is 2. The summed E-state index contributed by atoms with van der Waals surface area (Å²) < 4.78 is 6.84. The summed E-state index contributed by atoms with van der Waals surface area (Å²) in [5.41, 5.74) is 1.98. The van der Waals surface area contributed by atoms with Crippen LogP contribution in [0.1, 0.15) is 20.7 Å². The van der Waals surface area contributed by atoms with Gasteiger partial charge in [-0.25, -0.2) is 4.79 Å². The fourth-order valence-electron chi connectivity index (χ4n) is 2.68.